The molecule has 3 aliphatic rings. The van der Waals surface area contributed by atoms with Gasteiger partial charge in [-0.15, -0.1) is 0 Å². The van der Waals surface area contributed by atoms with Crippen molar-refractivity contribution < 1.29 is 50.5 Å². The van der Waals surface area contributed by atoms with Gasteiger partial charge in [0.05, 0.1) is 11.5 Å². The number of carbonyl (C=O) groups excluding carboxylic acids is 2. The number of hydrogen-bond acceptors (Lipinski definition) is 5. The molecule has 0 radical (unpaired) electrons. The van der Waals surface area contributed by atoms with Gasteiger partial charge in [0, 0.05) is 11.8 Å². The molecular formula is C14H12F6O5. The van der Waals surface area contributed by atoms with Gasteiger partial charge in [0.25, 0.3) is 5.60 Å². The molecule has 3 rings (SSSR count). The van der Waals surface area contributed by atoms with Crippen molar-refractivity contribution in [2.24, 2.45) is 17.8 Å². The molecule has 25 heavy (non-hydrogen) atoms. The zero-order valence-corrected chi connectivity index (χ0v) is 12.4. The molecule has 1 aliphatic heterocycles. The number of ether oxygens (including phenoxy) is 2. The summed E-state index contributed by atoms with van der Waals surface area (Å²) in [4.78, 5) is 23.4. The van der Waals surface area contributed by atoms with E-state index in [1.165, 1.54) is 0 Å². The summed E-state index contributed by atoms with van der Waals surface area (Å²) in [5, 5.41) is 9.17. The Labute approximate surface area is 136 Å². The third-order valence-electron chi connectivity index (χ3n) is 5.16. The van der Waals surface area contributed by atoms with Crippen LogP contribution in [0.1, 0.15) is 12.8 Å². The Morgan fingerprint density at radius 1 is 1.16 bits per heavy atom. The number of fused-ring (bicyclic) bond motifs is 1. The van der Waals surface area contributed by atoms with E-state index in [1.54, 1.807) is 0 Å². The highest BCUT2D eigenvalue weighted by Gasteiger charge is 2.74. The fourth-order valence-corrected chi connectivity index (χ4v) is 3.91. The van der Waals surface area contributed by atoms with Crippen molar-refractivity contribution in [1.82, 2.24) is 0 Å². The Kier molecular flexibility index (Phi) is 3.69. The second-order valence-corrected chi connectivity index (χ2v) is 6.46. The third-order valence-corrected chi connectivity index (χ3v) is 5.16. The third kappa shape index (κ3) is 2.35. The van der Waals surface area contributed by atoms with E-state index in [1.807, 2.05) is 0 Å². The highest BCUT2D eigenvalue weighted by molar-refractivity contribution is 5.91. The molecule has 2 aliphatic carbocycles. The summed E-state index contributed by atoms with van der Waals surface area (Å²) < 4.78 is 86.4. The number of aliphatic hydroxyl groups is 1. The summed E-state index contributed by atoms with van der Waals surface area (Å²) in [6, 6.07) is 0. The van der Waals surface area contributed by atoms with Crippen LogP contribution in [0.25, 0.3) is 0 Å². The van der Waals surface area contributed by atoms with Gasteiger partial charge in [-0.05, 0) is 12.8 Å². The first-order chi connectivity index (χ1) is 11.3. The Balaban J connectivity index is 1.80. The van der Waals surface area contributed by atoms with Gasteiger partial charge in [0.1, 0.15) is 12.2 Å². The number of alkyl halides is 6. The number of esters is 2. The van der Waals surface area contributed by atoms with Crippen molar-refractivity contribution in [2.75, 3.05) is 0 Å². The average Bonchev–Trinajstić information content (AvgIpc) is 3.07. The number of halogens is 6. The lowest BCUT2D eigenvalue weighted by Crippen LogP contribution is -2.59. The molecule has 0 aromatic heterocycles. The standard InChI is InChI=1S/C14H12F6O5/c1-4(12(23,13(15,16)17)14(18,19)20)10(21)24-8-5-2-6-7(3-5)11(22)25-9(6)8/h5-9,23H,1-3H2. The summed E-state index contributed by atoms with van der Waals surface area (Å²) in [5.41, 5.74) is -7.61. The molecule has 2 saturated carbocycles. The molecule has 5 unspecified atom stereocenters. The van der Waals surface area contributed by atoms with Crippen molar-refractivity contribution in [3.05, 3.63) is 12.2 Å². The Morgan fingerprint density at radius 2 is 1.72 bits per heavy atom. The summed E-state index contributed by atoms with van der Waals surface area (Å²) >= 11 is 0. The first-order valence-electron chi connectivity index (χ1n) is 7.25. The van der Waals surface area contributed by atoms with E-state index in [0.29, 0.717) is 6.42 Å². The minimum atomic E-state index is -6.22. The molecule has 3 fully saturated rings. The predicted molar refractivity (Wildman–Crippen MR) is 65.7 cm³/mol. The van der Waals surface area contributed by atoms with Crippen molar-refractivity contribution in [3.63, 3.8) is 0 Å². The average molecular weight is 374 g/mol. The van der Waals surface area contributed by atoms with Crippen LogP contribution in [0.3, 0.4) is 0 Å². The number of rotatable bonds is 3. The zero-order chi connectivity index (χ0) is 18.9. The molecule has 5 atom stereocenters. The van der Waals surface area contributed by atoms with Gasteiger partial charge in [-0.25, -0.2) is 4.79 Å². The molecule has 11 heteroatoms. The van der Waals surface area contributed by atoms with Gasteiger partial charge < -0.3 is 14.6 Å². The Hall–Kier alpha value is -1.78. The van der Waals surface area contributed by atoms with Crippen molar-refractivity contribution in [3.8, 4) is 0 Å². The largest absolute Gasteiger partial charge is 0.458 e. The van der Waals surface area contributed by atoms with E-state index in [4.69, 9.17) is 14.6 Å². The van der Waals surface area contributed by atoms with Gasteiger partial charge in [0.15, 0.2) is 0 Å². The molecule has 1 saturated heterocycles. The van der Waals surface area contributed by atoms with Crippen LogP contribution in [0.2, 0.25) is 0 Å². The lowest BCUT2D eigenvalue weighted by Gasteiger charge is -2.34. The molecule has 1 N–H and O–H groups in total. The molecule has 2 bridgehead atoms. The summed E-state index contributed by atoms with van der Waals surface area (Å²) in [5.74, 6) is -3.60. The first kappa shape index (κ1) is 18.0. The maximum Gasteiger partial charge on any atom is 0.430 e. The van der Waals surface area contributed by atoms with Crippen LogP contribution in [0.15, 0.2) is 12.2 Å². The second kappa shape index (κ2) is 5.12. The Bertz CT molecular complexity index is 625. The number of carbonyl (C=O) groups is 2. The molecule has 0 spiro atoms. The molecule has 0 aromatic carbocycles. The topological polar surface area (TPSA) is 72.8 Å². The minimum Gasteiger partial charge on any atom is -0.458 e. The van der Waals surface area contributed by atoms with Crippen molar-refractivity contribution in [2.45, 2.75) is 43.0 Å². The smallest absolute Gasteiger partial charge is 0.430 e. The van der Waals surface area contributed by atoms with Crippen LogP contribution >= 0.6 is 0 Å². The van der Waals surface area contributed by atoms with E-state index in [9.17, 15) is 35.9 Å². The van der Waals surface area contributed by atoms with E-state index in [0.717, 1.165) is 0 Å². The summed E-state index contributed by atoms with van der Waals surface area (Å²) in [7, 11) is 0. The fraction of sp³-hybridized carbons (Fsp3) is 0.714. The molecule has 1 heterocycles. The van der Waals surface area contributed by atoms with Crippen LogP contribution in [0, 0.1) is 17.8 Å². The van der Waals surface area contributed by atoms with Crippen molar-refractivity contribution >= 4 is 11.9 Å². The van der Waals surface area contributed by atoms with Crippen molar-refractivity contribution in [1.29, 1.82) is 0 Å². The molecule has 140 valence electrons. The molecular weight excluding hydrogens is 362 g/mol. The van der Waals surface area contributed by atoms with E-state index in [2.05, 4.69) is 6.58 Å². The summed E-state index contributed by atoms with van der Waals surface area (Å²) in [6.07, 6.45) is -13.8. The SMILES string of the molecule is C=C(C(=O)OC1C2CC3C(=O)OC1C3C2)C(O)(C(F)(F)F)C(F)(F)F. The first-order valence-corrected chi connectivity index (χ1v) is 7.25. The summed E-state index contributed by atoms with van der Waals surface area (Å²) in [6.45, 7) is 2.47. The minimum absolute atomic E-state index is 0.271. The predicted octanol–water partition coefficient (Wildman–Crippen LogP) is 1.89. The van der Waals surface area contributed by atoms with E-state index < -0.39 is 53.6 Å². The van der Waals surface area contributed by atoms with Crippen LogP contribution in [-0.2, 0) is 19.1 Å². The van der Waals surface area contributed by atoms with E-state index in [-0.39, 0.29) is 18.3 Å². The van der Waals surface area contributed by atoms with Gasteiger partial charge >= 0.3 is 24.3 Å². The lowest BCUT2D eigenvalue weighted by atomic mass is 9.87. The molecule has 5 nitrogen and oxygen atoms in total. The molecule has 0 amide bonds. The van der Waals surface area contributed by atoms with Crippen LogP contribution in [0.5, 0.6) is 0 Å². The second-order valence-electron chi connectivity index (χ2n) is 6.46. The van der Waals surface area contributed by atoms with E-state index >= 15 is 0 Å². The Morgan fingerprint density at radius 3 is 2.24 bits per heavy atom. The quantitative estimate of drug-likeness (QED) is 0.464. The van der Waals surface area contributed by atoms with Gasteiger partial charge in [-0.3, -0.25) is 4.79 Å². The monoisotopic (exact) mass is 374 g/mol. The fourth-order valence-electron chi connectivity index (χ4n) is 3.91. The maximum absolute atomic E-state index is 12.8. The number of hydrogen-bond donors (Lipinski definition) is 1. The van der Waals surface area contributed by atoms with Gasteiger partial charge in [-0.2, -0.15) is 26.3 Å². The zero-order valence-electron chi connectivity index (χ0n) is 12.4. The highest BCUT2D eigenvalue weighted by atomic mass is 19.4. The van der Waals surface area contributed by atoms with Crippen LogP contribution in [-0.4, -0.2) is 47.2 Å². The lowest BCUT2D eigenvalue weighted by molar-refractivity contribution is -0.351. The van der Waals surface area contributed by atoms with Gasteiger partial charge in [-0.1, -0.05) is 6.58 Å². The van der Waals surface area contributed by atoms with Crippen LogP contribution < -0.4 is 0 Å². The highest BCUT2D eigenvalue weighted by Crippen LogP contribution is 2.56. The maximum atomic E-state index is 12.8. The molecule has 0 aromatic rings. The van der Waals surface area contributed by atoms with Crippen LogP contribution in [0.4, 0.5) is 26.3 Å². The van der Waals surface area contributed by atoms with Gasteiger partial charge in [0.2, 0.25) is 0 Å². The normalized spacial score (nSPS) is 34.2.